The molecule has 4 aromatic rings. The SMILES string of the molecule is CC(C)Sc1ccc2[nH]c3cc(C(=O)Nc4nnn[nH]4)nn3c(=O)c2c1. The molecule has 0 aliphatic heterocycles. The highest BCUT2D eigenvalue weighted by Crippen LogP contribution is 2.25. The van der Waals surface area contributed by atoms with Crippen LogP contribution < -0.4 is 10.9 Å². The van der Waals surface area contributed by atoms with Gasteiger partial charge in [0.05, 0.1) is 10.9 Å². The molecule has 0 saturated carbocycles. The van der Waals surface area contributed by atoms with Crippen molar-refractivity contribution < 1.29 is 4.79 Å². The largest absolute Gasteiger partial charge is 0.339 e. The average molecular weight is 370 g/mol. The molecule has 11 heteroatoms. The van der Waals surface area contributed by atoms with E-state index in [2.05, 4.69) is 49.9 Å². The van der Waals surface area contributed by atoms with Gasteiger partial charge in [-0.2, -0.15) is 9.61 Å². The number of benzene rings is 1. The third-order valence-corrected chi connectivity index (χ3v) is 4.57. The maximum Gasteiger partial charge on any atom is 0.282 e. The summed E-state index contributed by atoms with van der Waals surface area (Å²) in [6.45, 7) is 4.18. The molecule has 0 aliphatic carbocycles. The van der Waals surface area contributed by atoms with Crippen LogP contribution in [0.5, 0.6) is 0 Å². The number of aromatic nitrogens is 7. The van der Waals surface area contributed by atoms with E-state index in [1.165, 1.54) is 10.6 Å². The number of rotatable bonds is 4. The monoisotopic (exact) mass is 370 g/mol. The second kappa shape index (κ2) is 6.26. The van der Waals surface area contributed by atoms with Crippen molar-refractivity contribution in [1.82, 2.24) is 35.2 Å². The Morgan fingerprint density at radius 3 is 2.88 bits per heavy atom. The minimum absolute atomic E-state index is 0.0711. The van der Waals surface area contributed by atoms with Gasteiger partial charge < -0.3 is 4.98 Å². The van der Waals surface area contributed by atoms with Gasteiger partial charge in [0.25, 0.3) is 11.5 Å². The average Bonchev–Trinajstić information content (AvgIpc) is 3.24. The van der Waals surface area contributed by atoms with Gasteiger partial charge in [-0.25, -0.2) is 5.10 Å². The number of tetrazole rings is 1. The van der Waals surface area contributed by atoms with Crippen LogP contribution >= 0.6 is 11.8 Å². The Kier molecular flexibility index (Phi) is 3.92. The van der Waals surface area contributed by atoms with Gasteiger partial charge >= 0.3 is 0 Å². The molecule has 0 radical (unpaired) electrons. The first kappa shape index (κ1) is 16.3. The molecule has 1 amide bonds. The van der Waals surface area contributed by atoms with E-state index in [9.17, 15) is 9.59 Å². The molecule has 0 saturated heterocycles. The second-order valence-electron chi connectivity index (χ2n) is 5.83. The zero-order valence-electron chi connectivity index (χ0n) is 13.8. The summed E-state index contributed by atoms with van der Waals surface area (Å²) in [5, 5.41) is 20.2. The van der Waals surface area contributed by atoms with Crippen LogP contribution in [0.1, 0.15) is 24.3 Å². The molecule has 10 nitrogen and oxygen atoms in total. The van der Waals surface area contributed by atoms with Crippen LogP contribution in [0, 0.1) is 0 Å². The summed E-state index contributed by atoms with van der Waals surface area (Å²) in [4.78, 5) is 29.1. The van der Waals surface area contributed by atoms with Crippen molar-refractivity contribution >= 4 is 40.2 Å². The standard InChI is InChI=1S/C15H14N8O2S/c1-7(2)26-8-3-4-10-9(5-8)14(25)23-12(16-10)6-11(20-23)13(24)17-15-18-21-22-19-15/h3-7,16H,1-2H3,(H2,17,18,19,21,22,24). The number of fused-ring (bicyclic) bond motifs is 2. The number of hydrogen-bond donors (Lipinski definition) is 3. The summed E-state index contributed by atoms with van der Waals surface area (Å²) in [5.41, 5.74) is 0.886. The van der Waals surface area contributed by atoms with E-state index in [1.54, 1.807) is 11.8 Å². The number of nitrogens with one attached hydrogen (secondary N) is 3. The highest BCUT2D eigenvalue weighted by molar-refractivity contribution is 7.99. The maximum absolute atomic E-state index is 12.8. The van der Waals surface area contributed by atoms with E-state index >= 15 is 0 Å². The van der Waals surface area contributed by atoms with Gasteiger partial charge in [-0.15, -0.1) is 11.8 Å². The zero-order chi connectivity index (χ0) is 18.3. The summed E-state index contributed by atoms with van der Waals surface area (Å²) in [5.74, 6) is -0.431. The third kappa shape index (κ3) is 2.92. The van der Waals surface area contributed by atoms with Crippen LogP contribution in [-0.4, -0.2) is 46.4 Å². The molecule has 3 aromatic heterocycles. The molecular weight excluding hydrogens is 356 g/mol. The van der Waals surface area contributed by atoms with E-state index in [0.717, 1.165) is 4.90 Å². The van der Waals surface area contributed by atoms with Crippen molar-refractivity contribution in [3.05, 3.63) is 40.3 Å². The summed E-state index contributed by atoms with van der Waals surface area (Å²) in [7, 11) is 0. The van der Waals surface area contributed by atoms with Crippen molar-refractivity contribution in [1.29, 1.82) is 0 Å². The quantitative estimate of drug-likeness (QED) is 0.463. The molecule has 0 bridgehead atoms. The van der Waals surface area contributed by atoms with Gasteiger partial charge in [-0.1, -0.05) is 18.9 Å². The number of thioether (sulfide) groups is 1. The van der Waals surface area contributed by atoms with E-state index in [0.29, 0.717) is 21.8 Å². The Morgan fingerprint density at radius 1 is 1.31 bits per heavy atom. The van der Waals surface area contributed by atoms with Crippen LogP contribution in [0.15, 0.2) is 34.0 Å². The van der Waals surface area contributed by atoms with Crippen molar-refractivity contribution in [2.24, 2.45) is 0 Å². The van der Waals surface area contributed by atoms with Gasteiger partial charge in [0.15, 0.2) is 5.69 Å². The fourth-order valence-corrected chi connectivity index (χ4v) is 3.40. The summed E-state index contributed by atoms with van der Waals surface area (Å²) < 4.78 is 1.18. The van der Waals surface area contributed by atoms with Gasteiger partial charge in [0.2, 0.25) is 5.95 Å². The molecule has 3 N–H and O–H groups in total. The number of aromatic amines is 2. The van der Waals surface area contributed by atoms with Crippen LogP contribution in [0.4, 0.5) is 5.95 Å². The Bertz CT molecular complexity index is 1160. The van der Waals surface area contributed by atoms with E-state index < -0.39 is 5.91 Å². The molecule has 0 spiro atoms. The predicted molar refractivity (Wildman–Crippen MR) is 96.4 cm³/mol. The second-order valence-corrected chi connectivity index (χ2v) is 7.48. The Hall–Kier alpha value is -3.21. The van der Waals surface area contributed by atoms with Gasteiger partial charge in [0.1, 0.15) is 5.65 Å². The Labute approximate surface area is 150 Å². The lowest BCUT2D eigenvalue weighted by atomic mass is 10.2. The van der Waals surface area contributed by atoms with E-state index in [4.69, 9.17) is 0 Å². The van der Waals surface area contributed by atoms with Crippen molar-refractivity contribution in [3.8, 4) is 0 Å². The number of amides is 1. The smallest absolute Gasteiger partial charge is 0.282 e. The number of anilines is 1. The lowest BCUT2D eigenvalue weighted by Gasteiger charge is -2.06. The molecule has 0 aliphatic rings. The first-order valence-corrected chi connectivity index (χ1v) is 8.67. The molecule has 0 fully saturated rings. The van der Waals surface area contributed by atoms with Gasteiger partial charge in [-0.05, 0) is 28.6 Å². The maximum atomic E-state index is 12.8. The summed E-state index contributed by atoms with van der Waals surface area (Å²) in [6.07, 6.45) is 0. The highest BCUT2D eigenvalue weighted by atomic mass is 32.2. The first-order valence-electron chi connectivity index (χ1n) is 7.79. The number of hydrogen-bond acceptors (Lipinski definition) is 7. The molecule has 26 heavy (non-hydrogen) atoms. The minimum atomic E-state index is -0.528. The summed E-state index contributed by atoms with van der Waals surface area (Å²) in [6, 6.07) is 7.14. The number of carbonyl (C=O) groups excluding carboxylic acids is 1. The molecule has 0 unspecified atom stereocenters. The Morgan fingerprint density at radius 2 is 2.15 bits per heavy atom. The Balaban J connectivity index is 1.77. The topological polar surface area (TPSA) is 134 Å². The van der Waals surface area contributed by atoms with Crippen LogP contribution in [0.25, 0.3) is 16.6 Å². The minimum Gasteiger partial charge on any atom is -0.339 e. The van der Waals surface area contributed by atoms with Crippen molar-refractivity contribution in [3.63, 3.8) is 0 Å². The molecule has 4 rings (SSSR count). The predicted octanol–water partition coefficient (Wildman–Crippen LogP) is 1.44. The normalized spacial score (nSPS) is 11.5. The number of carbonyl (C=O) groups is 1. The molecule has 1 aromatic carbocycles. The van der Waals surface area contributed by atoms with Gasteiger partial charge in [-0.3, -0.25) is 14.9 Å². The summed E-state index contributed by atoms with van der Waals surface area (Å²) >= 11 is 1.67. The highest BCUT2D eigenvalue weighted by Gasteiger charge is 2.16. The number of H-pyrrole nitrogens is 2. The van der Waals surface area contributed by atoms with Crippen molar-refractivity contribution in [2.75, 3.05) is 5.32 Å². The zero-order valence-corrected chi connectivity index (χ0v) is 14.7. The fourth-order valence-electron chi connectivity index (χ4n) is 2.53. The molecule has 3 heterocycles. The van der Waals surface area contributed by atoms with Crippen molar-refractivity contribution in [2.45, 2.75) is 24.0 Å². The molecule has 132 valence electrons. The molecule has 0 atom stereocenters. The first-order chi connectivity index (χ1) is 12.5. The third-order valence-electron chi connectivity index (χ3n) is 3.57. The van der Waals surface area contributed by atoms with E-state index in [1.807, 2.05) is 18.2 Å². The van der Waals surface area contributed by atoms with Crippen LogP contribution in [0.3, 0.4) is 0 Å². The lowest BCUT2D eigenvalue weighted by Crippen LogP contribution is -2.17. The fraction of sp³-hybridized carbons (Fsp3) is 0.200. The van der Waals surface area contributed by atoms with Crippen LogP contribution in [-0.2, 0) is 0 Å². The molecular formula is C15H14N8O2S. The van der Waals surface area contributed by atoms with Crippen LogP contribution in [0.2, 0.25) is 0 Å². The van der Waals surface area contributed by atoms with Gasteiger partial charge in [0, 0.05) is 16.2 Å². The number of nitrogens with zero attached hydrogens (tertiary/aromatic N) is 5. The van der Waals surface area contributed by atoms with E-state index in [-0.39, 0.29) is 17.2 Å². The lowest BCUT2D eigenvalue weighted by molar-refractivity contribution is 0.102.